The summed E-state index contributed by atoms with van der Waals surface area (Å²) in [6, 6.07) is 12.8. The van der Waals surface area contributed by atoms with Crippen LogP contribution in [0, 0.1) is 5.92 Å². The van der Waals surface area contributed by atoms with Crippen molar-refractivity contribution in [2.75, 3.05) is 50.4 Å². The summed E-state index contributed by atoms with van der Waals surface area (Å²) in [5, 5.41) is 4.33. The number of carbonyl (C=O) groups is 3. The number of nitrogens with one attached hydrogen (secondary N) is 5. The topological polar surface area (TPSA) is 287 Å². The number of hydrogen-bond acceptors (Lipinski definition) is 17. The number of anilines is 3. The summed E-state index contributed by atoms with van der Waals surface area (Å²) in [6.45, 7) is 2.04. The second-order valence-electron chi connectivity index (χ2n) is 10.9. The maximum absolute atomic E-state index is 12.3. The van der Waals surface area contributed by atoms with Crippen molar-refractivity contribution in [2.24, 2.45) is 5.92 Å². The average molecular weight is 820 g/mol. The highest BCUT2D eigenvalue weighted by molar-refractivity contribution is 7.91. The van der Waals surface area contributed by atoms with Crippen molar-refractivity contribution in [3.05, 3.63) is 66.2 Å². The SMILES string of the molecule is CCOc1ccccc1OS(=O)(=O)NC(=O)Nc1nc(OC)cc(OC)n1.COc1cc(OC)nc(NC(=O)NS(=O)(=O)Nc2ccccc2C(=O)C2CC2)n1. The predicted octanol–water partition coefficient (Wildman–Crippen LogP) is 2.90. The van der Waals surface area contributed by atoms with Crippen molar-refractivity contribution >= 4 is 55.9 Å². The van der Waals surface area contributed by atoms with Gasteiger partial charge < -0.3 is 27.9 Å². The zero-order valence-corrected chi connectivity index (χ0v) is 32.0. The highest BCUT2D eigenvalue weighted by atomic mass is 32.2. The first-order valence-corrected chi connectivity index (χ1v) is 19.0. The molecule has 0 bridgehead atoms. The molecule has 1 aliphatic rings. The van der Waals surface area contributed by atoms with E-state index in [1.54, 1.807) is 40.6 Å². The van der Waals surface area contributed by atoms with Crippen LogP contribution in [-0.2, 0) is 20.5 Å². The van der Waals surface area contributed by atoms with E-state index in [2.05, 4.69) is 35.3 Å². The molecule has 4 amide bonds. The number of amides is 4. The lowest BCUT2D eigenvalue weighted by molar-refractivity contribution is 0.0968. The highest BCUT2D eigenvalue weighted by Crippen LogP contribution is 2.34. The molecule has 4 aromatic rings. The summed E-state index contributed by atoms with van der Waals surface area (Å²) in [4.78, 5) is 51.8. The van der Waals surface area contributed by atoms with E-state index in [4.69, 9.17) is 27.9 Å². The average Bonchev–Trinajstić information content (AvgIpc) is 4.00. The number of nitrogens with zero attached hydrogens (tertiary/aromatic N) is 4. The van der Waals surface area contributed by atoms with Gasteiger partial charge in [0.05, 0.1) is 52.9 Å². The molecule has 2 heterocycles. The molecule has 0 saturated heterocycles. The van der Waals surface area contributed by atoms with Gasteiger partial charge >= 0.3 is 32.6 Å². The van der Waals surface area contributed by atoms with E-state index in [9.17, 15) is 31.2 Å². The Bertz CT molecular complexity index is 2210. The third kappa shape index (κ3) is 12.7. The van der Waals surface area contributed by atoms with E-state index in [-0.39, 0.29) is 69.9 Å². The van der Waals surface area contributed by atoms with Crippen LogP contribution in [0.2, 0.25) is 0 Å². The van der Waals surface area contributed by atoms with Gasteiger partial charge in [-0.1, -0.05) is 24.3 Å². The lowest BCUT2D eigenvalue weighted by atomic mass is 10.1. The number of carbonyl (C=O) groups excluding carboxylic acids is 3. The molecule has 24 heteroatoms. The first kappa shape index (κ1) is 42.1. The minimum absolute atomic E-state index is 0.0704. The summed E-state index contributed by atoms with van der Waals surface area (Å²) < 4.78 is 84.3. The second-order valence-corrected chi connectivity index (χ2v) is 13.6. The Morgan fingerprint density at radius 1 is 0.679 bits per heavy atom. The molecular formula is C32H37N9O13S2. The Hall–Kier alpha value is -6.69. The number of rotatable bonds is 16. The van der Waals surface area contributed by atoms with E-state index in [1.165, 1.54) is 64.8 Å². The zero-order valence-electron chi connectivity index (χ0n) is 30.4. The fourth-order valence-corrected chi connectivity index (χ4v) is 5.79. The van der Waals surface area contributed by atoms with Gasteiger partial charge in [-0.05, 0) is 44.0 Å². The number of hydrogen-bond donors (Lipinski definition) is 5. The second kappa shape index (κ2) is 19.1. The molecule has 0 spiro atoms. The maximum atomic E-state index is 12.3. The van der Waals surface area contributed by atoms with E-state index < -0.39 is 32.6 Å². The number of para-hydroxylation sites is 3. The smallest absolute Gasteiger partial charge is 0.411 e. The van der Waals surface area contributed by atoms with Crippen LogP contribution in [0.15, 0.2) is 60.7 Å². The molecule has 300 valence electrons. The first-order valence-electron chi connectivity index (χ1n) is 16.1. The van der Waals surface area contributed by atoms with Gasteiger partial charge in [-0.3, -0.25) is 20.2 Å². The Kier molecular flexibility index (Phi) is 14.3. The third-order valence-corrected chi connectivity index (χ3v) is 8.60. The Morgan fingerprint density at radius 2 is 1.14 bits per heavy atom. The molecule has 0 aliphatic heterocycles. The van der Waals surface area contributed by atoms with Crippen LogP contribution in [0.3, 0.4) is 0 Å². The van der Waals surface area contributed by atoms with Crippen molar-refractivity contribution in [3.63, 3.8) is 0 Å². The minimum atomic E-state index is -4.49. The van der Waals surface area contributed by atoms with Crippen LogP contribution in [-0.4, -0.2) is 89.7 Å². The molecular weight excluding hydrogens is 783 g/mol. The number of methoxy groups -OCH3 is 4. The lowest BCUT2D eigenvalue weighted by Crippen LogP contribution is -2.38. The molecule has 1 fully saturated rings. The third-order valence-electron chi connectivity index (χ3n) is 6.82. The van der Waals surface area contributed by atoms with Gasteiger partial charge in [-0.25, -0.2) is 19.0 Å². The molecule has 2 aromatic heterocycles. The number of benzene rings is 2. The van der Waals surface area contributed by atoms with Gasteiger partial charge in [-0.2, -0.15) is 36.8 Å². The monoisotopic (exact) mass is 819 g/mol. The van der Waals surface area contributed by atoms with Gasteiger partial charge in [0, 0.05) is 11.5 Å². The minimum Gasteiger partial charge on any atom is -0.490 e. The number of ether oxygens (including phenoxy) is 5. The summed E-state index contributed by atoms with van der Waals surface area (Å²) >= 11 is 0. The van der Waals surface area contributed by atoms with Crippen molar-refractivity contribution in [1.29, 1.82) is 0 Å². The van der Waals surface area contributed by atoms with Crippen molar-refractivity contribution in [2.45, 2.75) is 19.8 Å². The normalized spacial score (nSPS) is 12.0. The summed E-state index contributed by atoms with van der Waals surface area (Å²) in [5.41, 5.74) is 0.339. The summed E-state index contributed by atoms with van der Waals surface area (Å²) in [5.74, 6) is -0.0794. The first-order chi connectivity index (χ1) is 26.7. The van der Waals surface area contributed by atoms with Gasteiger partial charge in [0.2, 0.25) is 35.4 Å². The van der Waals surface area contributed by atoms with Crippen LogP contribution in [0.4, 0.5) is 27.2 Å². The molecule has 5 rings (SSSR count). The summed E-state index contributed by atoms with van der Waals surface area (Å²) in [7, 11) is -3.37. The largest absolute Gasteiger partial charge is 0.490 e. The van der Waals surface area contributed by atoms with Crippen LogP contribution in [0.1, 0.15) is 30.1 Å². The van der Waals surface area contributed by atoms with Gasteiger partial charge in [0.25, 0.3) is 0 Å². The Labute approximate surface area is 321 Å². The van der Waals surface area contributed by atoms with Crippen LogP contribution in [0.25, 0.3) is 0 Å². The number of aromatic nitrogens is 4. The molecule has 2 aromatic carbocycles. The van der Waals surface area contributed by atoms with Crippen LogP contribution < -0.4 is 52.7 Å². The molecule has 0 unspecified atom stereocenters. The maximum Gasteiger partial charge on any atom is 0.411 e. The number of urea groups is 2. The van der Waals surface area contributed by atoms with Crippen molar-refractivity contribution in [1.82, 2.24) is 29.4 Å². The fourth-order valence-electron chi connectivity index (χ4n) is 4.28. The quantitative estimate of drug-likeness (QED) is 0.102. The molecule has 5 N–H and O–H groups in total. The molecule has 0 atom stereocenters. The van der Waals surface area contributed by atoms with Gasteiger partial charge in [0.15, 0.2) is 17.3 Å². The lowest BCUT2D eigenvalue weighted by Gasteiger charge is -2.13. The molecule has 22 nitrogen and oxygen atoms in total. The highest BCUT2D eigenvalue weighted by Gasteiger charge is 2.32. The van der Waals surface area contributed by atoms with Gasteiger partial charge in [-0.15, -0.1) is 0 Å². The van der Waals surface area contributed by atoms with E-state index in [0.29, 0.717) is 6.61 Å². The molecule has 1 saturated carbocycles. The molecule has 0 radical (unpaired) electrons. The van der Waals surface area contributed by atoms with Crippen molar-refractivity contribution in [3.8, 4) is 35.0 Å². The van der Waals surface area contributed by atoms with E-state index >= 15 is 0 Å². The fraction of sp³-hybridized carbons (Fsp3) is 0.281. The predicted molar refractivity (Wildman–Crippen MR) is 198 cm³/mol. The van der Waals surface area contributed by atoms with Gasteiger partial charge in [0.1, 0.15) is 0 Å². The Morgan fingerprint density at radius 3 is 1.62 bits per heavy atom. The molecule has 1 aliphatic carbocycles. The standard InChI is InChI=1S/C17H19N5O6S.C15H18N4O7S/c1-27-13-9-14(28-2)19-16(18-13)20-17(24)22-29(25,26)21-12-6-4-3-5-11(12)15(23)10-7-8-10;1-4-25-10-7-5-6-8-11(10)26-27(21,22)19-15(20)18-14-16-12(23-2)9-13(17-14)24-3/h3-6,9-10,21H,7-8H2,1-2H3,(H2,18,19,20,22,24);5-9H,4H2,1-3H3,(H2,16,17,18,19,20). The zero-order chi connectivity index (χ0) is 40.9. The molecule has 56 heavy (non-hydrogen) atoms. The van der Waals surface area contributed by atoms with Crippen LogP contribution in [0.5, 0.6) is 35.0 Å². The van der Waals surface area contributed by atoms with Crippen LogP contribution >= 0.6 is 0 Å². The number of Topliss-reactive ketones (excluding diaryl/α,β-unsaturated/α-hetero) is 1. The Balaban J connectivity index is 0.000000249. The summed E-state index contributed by atoms with van der Waals surface area (Å²) in [6.07, 6.45) is 1.56. The number of ketones is 1. The van der Waals surface area contributed by atoms with E-state index in [1.807, 2.05) is 0 Å². The van der Waals surface area contributed by atoms with E-state index in [0.717, 1.165) is 12.8 Å². The van der Waals surface area contributed by atoms with Crippen molar-refractivity contribution < 1.29 is 59.1 Å².